The monoisotopic (exact) mass is 360 g/mol. The molecule has 3 aromatic rings. The molecule has 1 amide bonds. The van der Waals surface area contributed by atoms with E-state index >= 15 is 0 Å². The van der Waals surface area contributed by atoms with Crippen LogP contribution < -0.4 is 0 Å². The number of piperazine rings is 1. The molecule has 0 spiro atoms. The zero-order valence-electron chi connectivity index (χ0n) is 15.5. The molecule has 138 valence electrons. The lowest BCUT2D eigenvalue weighted by Gasteiger charge is -2.39. The Bertz CT molecular complexity index is 842. The van der Waals surface area contributed by atoms with E-state index in [9.17, 15) is 4.79 Å². The fourth-order valence-electron chi connectivity index (χ4n) is 3.77. The lowest BCUT2D eigenvalue weighted by Crippen LogP contribution is -2.49. The van der Waals surface area contributed by atoms with E-state index in [2.05, 4.69) is 53.4 Å². The maximum atomic E-state index is 12.6. The Labute approximate surface area is 160 Å². The van der Waals surface area contributed by atoms with Crippen LogP contribution in [0.5, 0.6) is 0 Å². The minimum absolute atomic E-state index is 0.0151. The van der Waals surface area contributed by atoms with Crippen molar-refractivity contribution in [1.82, 2.24) is 9.80 Å². The van der Waals surface area contributed by atoms with Crippen molar-refractivity contribution in [3.05, 3.63) is 95.4 Å². The standard InChI is InChI=1S/C23H24N2O2/c1-18-12-13-21(27-18)23(26)25-16-14-24(15-17-25)22(19-8-4-2-5-9-19)20-10-6-3-7-11-20/h2-13,22H,14-17H2,1H3. The van der Waals surface area contributed by atoms with Crippen LogP contribution in [0.2, 0.25) is 0 Å². The second-order valence-corrected chi connectivity index (χ2v) is 6.96. The van der Waals surface area contributed by atoms with E-state index in [0.717, 1.165) is 18.8 Å². The van der Waals surface area contributed by atoms with Gasteiger partial charge in [0.05, 0.1) is 6.04 Å². The van der Waals surface area contributed by atoms with Gasteiger partial charge in [0.25, 0.3) is 5.91 Å². The zero-order chi connectivity index (χ0) is 18.6. The van der Waals surface area contributed by atoms with Crippen molar-refractivity contribution in [3.8, 4) is 0 Å². The molecule has 1 aliphatic rings. The van der Waals surface area contributed by atoms with Crippen molar-refractivity contribution in [2.45, 2.75) is 13.0 Å². The normalized spacial score (nSPS) is 15.3. The lowest BCUT2D eigenvalue weighted by atomic mass is 9.96. The van der Waals surface area contributed by atoms with Gasteiger partial charge in [-0.2, -0.15) is 0 Å². The number of benzene rings is 2. The van der Waals surface area contributed by atoms with Gasteiger partial charge in [-0.3, -0.25) is 9.69 Å². The molecule has 2 heterocycles. The summed E-state index contributed by atoms with van der Waals surface area (Å²) in [5.41, 5.74) is 2.57. The summed E-state index contributed by atoms with van der Waals surface area (Å²) in [5.74, 6) is 1.19. The van der Waals surface area contributed by atoms with Crippen LogP contribution in [-0.2, 0) is 0 Å². The Morgan fingerprint density at radius 3 is 1.85 bits per heavy atom. The molecule has 0 aliphatic carbocycles. The summed E-state index contributed by atoms with van der Waals surface area (Å²) < 4.78 is 5.51. The molecule has 1 saturated heterocycles. The predicted molar refractivity (Wildman–Crippen MR) is 106 cm³/mol. The summed E-state index contributed by atoms with van der Waals surface area (Å²) in [6.07, 6.45) is 0. The van der Waals surface area contributed by atoms with E-state index in [-0.39, 0.29) is 11.9 Å². The smallest absolute Gasteiger partial charge is 0.289 e. The number of furan rings is 1. The number of amides is 1. The van der Waals surface area contributed by atoms with Gasteiger partial charge in [0, 0.05) is 26.2 Å². The SMILES string of the molecule is Cc1ccc(C(=O)N2CCN(C(c3ccccc3)c3ccccc3)CC2)o1. The number of carbonyl (C=O) groups is 1. The van der Waals surface area contributed by atoms with Gasteiger partial charge in [0.2, 0.25) is 0 Å². The molecule has 0 bridgehead atoms. The van der Waals surface area contributed by atoms with Crippen molar-refractivity contribution >= 4 is 5.91 Å². The largest absolute Gasteiger partial charge is 0.456 e. The van der Waals surface area contributed by atoms with Gasteiger partial charge >= 0.3 is 0 Å². The third-order valence-electron chi connectivity index (χ3n) is 5.15. The first-order chi connectivity index (χ1) is 13.2. The summed E-state index contributed by atoms with van der Waals surface area (Å²) in [6.45, 7) is 4.93. The quantitative estimate of drug-likeness (QED) is 0.702. The van der Waals surface area contributed by atoms with Gasteiger partial charge < -0.3 is 9.32 Å². The van der Waals surface area contributed by atoms with E-state index in [1.165, 1.54) is 11.1 Å². The number of hydrogen-bond donors (Lipinski definition) is 0. The van der Waals surface area contributed by atoms with Crippen LogP contribution in [0.4, 0.5) is 0 Å². The third kappa shape index (κ3) is 3.81. The highest BCUT2D eigenvalue weighted by Crippen LogP contribution is 2.29. The third-order valence-corrected chi connectivity index (χ3v) is 5.15. The van der Waals surface area contributed by atoms with Crippen molar-refractivity contribution < 1.29 is 9.21 Å². The van der Waals surface area contributed by atoms with Crippen LogP contribution in [-0.4, -0.2) is 41.9 Å². The first-order valence-electron chi connectivity index (χ1n) is 9.42. The Balaban J connectivity index is 1.51. The van der Waals surface area contributed by atoms with Gasteiger partial charge in [0.1, 0.15) is 5.76 Å². The van der Waals surface area contributed by atoms with Crippen molar-refractivity contribution in [3.63, 3.8) is 0 Å². The van der Waals surface area contributed by atoms with Gasteiger partial charge in [-0.05, 0) is 30.2 Å². The van der Waals surface area contributed by atoms with E-state index in [0.29, 0.717) is 18.8 Å². The molecular formula is C23H24N2O2. The second kappa shape index (κ2) is 7.80. The number of nitrogens with zero attached hydrogens (tertiary/aromatic N) is 2. The van der Waals surface area contributed by atoms with Crippen molar-refractivity contribution in [2.24, 2.45) is 0 Å². The van der Waals surface area contributed by atoms with E-state index < -0.39 is 0 Å². The summed E-state index contributed by atoms with van der Waals surface area (Å²) >= 11 is 0. The Kier molecular flexibility index (Phi) is 5.07. The zero-order valence-corrected chi connectivity index (χ0v) is 15.5. The second-order valence-electron chi connectivity index (χ2n) is 6.96. The van der Waals surface area contributed by atoms with Crippen molar-refractivity contribution in [1.29, 1.82) is 0 Å². The molecule has 1 fully saturated rings. The molecule has 1 aliphatic heterocycles. The molecule has 0 radical (unpaired) electrons. The Morgan fingerprint density at radius 1 is 0.815 bits per heavy atom. The van der Waals surface area contributed by atoms with Crippen LogP contribution in [0.15, 0.2) is 77.2 Å². The number of carbonyl (C=O) groups excluding carboxylic acids is 1. The highest BCUT2D eigenvalue weighted by atomic mass is 16.3. The molecular weight excluding hydrogens is 336 g/mol. The van der Waals surface area contributed by atoms with Crippen LogP contribution >= 0.6 is 0 Å². The minimum atomic E-state index is -0.0151. The first-order valence-corrected chi connectivity index (χ1v) is 9.42. The molecule has 4 nitrogen and oxygen atoms in total. The van der Waals surface area contributed by atoms with Crippen LogP contribution in [0, 0.1) is 6.92 Å². The summed E-state index contributed by atoms with van der Waals surface area (Å²) in [5, 5.41) is 0. The number of rotatable bonds is 4. The number of aryl methyl sites for hydroxylation is 1. The van der Waals surface area contributed by atoms with E-state index in [4.69, 9.17) is 4.42 Å². The first kappa shape index (κ1) is 17.6. The lowest BCUT2D eigenvalue weighted by molar-refractivity contribution is 0.0566. The highest BCUT2D eigenvalue weighted by molar-refractivity contribution is 5.91. The molecule has 1 aromatic heterocycles. The molecule has 0 atom stereocenters. The topological polar surface area (TPSA) is 36.7 Å². The van der Waals surface area contributed by atoms with Gasteiger partial charge in [-0.1, -0.05) is 60.7 Å². The summed E-state index contributed by atoms with van der Waals surface area (Å²) in [4.78, 5) is 17.0. The van der Waals surface area contributed by atoms with Gasteiger partial charge in [-0.15, -0.1) is 0 Å². The average molecular weight is 360 g/mol. The van der Waals surface area contributed by atoms with Crippen LogP contribution in [0.25, 0.3) is 0 Å². The fourth-order valence-corrected chi connectivity index (χ4v) is 3.77. The molecule has 0 N–H and O–H groups in total. The van der Waals surface area contributed by atoms with E-state index in [1.54, 1.807) is 6.07 Å². The van der Waals surface area contributed by atoms with Crippen molar-refractivity contribution in [2.75, 3.05) is 26.2 Å². The molecule has 0 unspecified atom stereocenters. The van der Waals surface area contributed by atoms with Crippen LogP contribution in [0.3, 0.4) is 0 Å². The maximum Gasteiger partial charge on any atom is 0.289 e. The minimum Gasteiger partial charge on any atom is -0.456 e. The molecule has 0 saturated carbocycles. The highest BCUT2D eigenvalue weighted by Gasteiger charge is 2.29. The predicted octanol–water partition coefficient (Wildman–Crippen LogP) is 4.14. The molecule has 4 rings (SSSR count). The fraction of sp³-hybridized carbons (Fsp3) is 0.261. The summed E-state index contributed by atoms with van der Waals surface area (Å²) in [6, 6.07) is 25.0. The summed E-state index contributed by atoms with van der Waals surface area (Å²) in [7, 11) is 0. The van der Waals surface area contributed by atoms with Crippen LogP contribution in [0.1, 0.15) is 33.5 Å². The molecule has 4 heteroatoms. The maximum absolute atomic E-state index is 12.6. The van der Waals surface area contributed by atoms with Gasteiger partial charge in [-0.25, -0.2) is 0 Å². The van der Waals surface area contributed by atoms with E-state index in [1.807, 2.05) is 30.0 Å². The molecule has 27 heavy (non-hydrogen) atoms. The number of hydrogen-bond acceptors (Lipinski definition) is 3. The van der Waals surface area contributed by atoms with Gasteiger partial charge in [0.15, 0.2) is 5.76 Å². The molecule has 2 aromatic carbocycles. The Morgan fingerprint density at radius 2 is 1.37 bits per heavy atom. The Hall–Kier alpha value is -2.85. The average Bonchev–Trinajstić information content (AvgIpc) is 3.16.